The van der Waals surface area contributed by atoms with Gasteiger partial charge in [0.25, 0.3) is 0 Å². The Balaban J connectivity index is 1.95. The quantitative estimate of drug-likeness (QED) is 0.283. The van der Waals surface area contributed by atoms with Gasteiger partial charge in [-0.05, 0) is 17.8 Å². The van der Waals surface area contributed by atoms with Crippen molar-refractivity contribution in [1.82, 2.24) is 10.7 Å². The molecule has 0 unspecified atom stereocenters. The number of benzene rings is 2. The third kappa shape index (κ3) is 4.65. The van der Waals surface area contributed by atoms with Crippen molar-refractivity contribution in [1.29, 1.82) is 0 Å². The van der Waals surface area contributed by atoms with Crippen molar-refractivity contribution in [3.63, 3.8) is 0 Å². The third-order valence-electron chi connectivity index (χ3n) is 2.99. The van der Waals surface area contributed by atoms with Crippen LogP contribution in [0.2, 0.25) is 0 Å². The molecule has 2 aromatic rings. The van der Waals surface area contributed by atoms with E-state index in [1.807, 2.05) is 30.3 Å². The minimum atomic E-state index is -0.758. The van der Waals surface area contributed by atoms with Crippen LogP contribution in [0.15, 0.2) is 47.6 Å². The number of rotatable bonds is 5. The predicted octanol–water partition coefficient (Wildman–Crippen LogP) is 2.00. The topological polar surface area (TPSA) is 120 Å². The summed E-state index contributed by atoms with van der Waals surface area (Å²) in [5.74, 6) is -0.963. The number of nitro benzene ring substituents is 1. The SMILES string of the molecule is O=[N+]([O-])c1cc(/C=N\NC(=S)NCc2ccccc2)c(O)cc1O. The Bertz CT molecular complexity index is 781. The summed E-state index contributed by atoms with van der Waals surface area (Å²) in [4.78, 5) is 10.0. The molecule has 0 saturated heterocycles. The maximum absolute atomic E-state index is 10.8. The second-order valence-electron chi connectivity index (χ2n) is 4.70. The largest absolute Gasteiger partial charge is 0.507 e. The fraction of sp³-hybridized carbons (Fsp3) is 0.0667. The fourth-order valence-electron chi connectivity index (χ4n) is 1.81. The van der Waals surface area contributed by atoms with Gasteiger partial charge in [0.2, 0.25) is 0 Å². The third-order valence-corrected chi connectivity index (χ3v) is 3.22. The number of aromatic hydroxyl groups is 2. The molecule has 0 atom stereocenters. The van der Waals surface area contributed by atoms with Crippen LogP contribution in [-0.2, 0) is 6.54 Å². The fourth-order valence-corrected chi connectivity index (χ4v) is 1.93. The first-order chi connectivity index (χ1) is 11.5. The van der Waals surface area contributed by atoms with Crippen LogP contribution in [0.5, 0.6) is 11.5 Å². The highest BCUT2D eigenvalue weighted by atomic mass is 32.1. The number of nitro groups is 1. The molecule has 0 aromatic heterocycles. The Morgan fingerprint density at radius 3 is 2.62 bits per heavy atom. The van der Waals surface area contributed by atoms with E-state index in [-0.39, 0.29) is 16.4 Å². The standard InChI is InChI=1S/C15H14N4O4S/c20-13-7-14(21)12(19(22)23)6-11(13)9-17-18-15(24)16-8-10-4-2-1-3-5-10/h1-7,9,20-21H,8H2,(H2,16,18,24)/b17-9-. The second-order valence-corrected chi connectivity index (χ2v) is 5.10. The van der Waals surface area contributed by atoms with Crippen LogP contribution >= 0.6 is 12.2 Å². The molecule has 124 valence electrons. The molecular formula is C15H14N4O4S. The second kappa shape index (κ2) is 7.88. The summed E-state index contributed by atoms with van der Waals surface area (Å²) in [6.45, 7) is 0.512. The molecule has 4 N–H and O–H groups in total. The monoisotopic (exact) mass is 346 g/mol. The summed E-state index contributed by atoms with van der Waals surface area (Å²) in [6, 6.07) is 11.5. The highest BCUT2D eigenvalue weighted by molar-refractivity contribution is 7.80. The van der Waals surface area contributed by atoms with Gasteiger partial charge < -0.3 is 15.5 Å². The number of hydrogen-bond acceptors (Lipinski definition) is 6. The van der Waals surface area contributed by atoms with Gasteiger partial charge in [-0.25, -0.2) is 0 Å². The van der Waals surface area contributed by atoms with Gasteiger partial charge in [-0.2, -0.15) is 5.10 Å². The van der Waals surface area contributed by atoms with E-state index in [1.54, 1.807) is 0 Å². The number of hydrazone groups is 1. The smallest absolute Gasteiger partial charge is 0.311 e. The number of phenols is 2. The van der Waals surface area contributed by atoms with Crippen molar-refractivity contribution in [3.8, 4) is 11.5 Å². The van der Waals surface area contributed by atoms with Crippen LogP contribution in [0.4, 0.5) is 5.69 Å². The van der Waals surface area contributed by atoms with Crippen molar-refractivity contribution in [3.05, 3.63) is 63.7 Å². The van der Waals surface area contributed by atoms with Crippen molar-refractivity contribution in [2.24, 2.45) is 5.10 Å². The van der Waals surface area contributed by atoms with E-state index in [4.69, 9.17) is 12.2 Å². The van der Waals surface area contributed by atoms with Crippen LogP contribution in [-0.4, -0.2) is 26.5 Å². The van der Waals surface area contributed by atoms with Crippen molar-refractivity contribution in [2.45, 2.75) is 6.54 Å². The van der Waals surface area contributed by atoms with Gasteiger partial charge in [-0.1, -0.05) is 30.3 Å². The van der Waals surface area contributed by atoms with E-state index in [0.29, 0.717) is 6.54 Å². The summed E-state index contributed by atoms with van der Waals surface area (Å²) in [5.41, 5.74) is 3.12. The summed E-state index contributed by atoms with van der Waals surface area (Å²) < 4.78 is 0. The molecule has 2 aromatic carbocycles. The molecule has 0 amide bonds. The molecule has 9 heteroatoms. The lowest BCUT2D eigenvalue weighted by Gasteiger charge is -2.07. The molecule has 0 aliphatic rings. The maximum atomic E-state index is 10.8. The Kier molecular flexibility index (Phi) is 5.63. The molecule has 8 nitrogen and oxygen atoms in total. The Morgan fingerprint density at radius 1 is 1.25 bits per heavy atom. The number of hydrogen-bond donors (Lipinski definition) is 4. The summed E-state index contributed by atoms with van der Waals surface area (Å²) >= 11 is 5.04. The first kappa shape index (κ1) is 17.2. The van der Waals surface area contributed by atoms with E-state index in [9.17, 15) is 20.3 Å². The first-order valence-electron chi connectivity index (χ1n) is 6.78. The van der Waals surface area contributed by atoms with Gasteiger partial charge in [0.1, 0.15) is 5.75 Å². The van der Waals surface area contributed by atoms with Gasteiger partial charge in [0.15, 0.2) is 10.9 Å². The molecule has 24 heavy (non-hydrogen) atoms. The Hall–Kier alpha value is -3.20. The molecule has 0 aliphatic carbocycles. The minimum absolute atomic E-state index is 0.0675. The van der Waals surface area contributed by atoms with E-state index in [1.165, 1.54) is 0 Å². The summed E-state index contributed by atoms with van der Waals surface area (Å²) in [5, 5.41) is 36.8. The normalized spacial score (nSPS) is 10.5. The van der Waals surface area contributed by atoms with E-state index in [2.05, 4.69) is 15.8 Å². The molecule has 2 rings (SSSR count). The molecule has 0 fully saturated rings. The molecule has 0 saturated carbocycles. The van der Waals surface area contributed by atoms with Gasteiger partial charge in [-0.3, -0.25) is 15.5 Å². The van der Waals surface area contributed by atoms with Crippen LogP contribution in [0, 0.1) is 10.1 Å². The lowest BCUT2D eigenvalue weighted by Crippen LogP contribution is -2.31. The number of nitrogens with one attached hydrogen (secondary N) is 2. The van der Waals surface area contributed by atoms with Crippen LogP contribution in [0.25, 0.3) is 0 Å². The van der Waals surface area contributed by atoms with Gasteiger partial charge >= 0.3 is 5.69 Å². The average Bonchev–Trinajstić information content (AvgIpc) is 2.55. The van der Waals surface area contributed by atoms with E-state index >= 15 is 0 Å². The zero-order valence-corrected chi connectivity index (χ0v) is 13.2. The van der Waals surface area contributed by atoms with Gasteiger partial charge in [-0.15, -0.1) is 0 Å². The lowest BCUT2D eigenvalue weighted by molar-refractivity contribution is -0.385. The zero-order valence-electron chi connectivity index (χ0n) is 12.3. The molecule has 0 bridgehead atoms. The predicted molar refractivity (Wildman–Crippen MR) is 93.0 cm³/mol. The zero-order chi connectivity index (χ0) is 17.5. The van der Waals surface area contributed by atoms with E-state index in [0.717, 1.165) is 23.9 Å². The first-order valence-corrected chi connectivity index (χ1v) is 7.19. The van der Waals surface area contributed by atoms with Gasteiger partial charge in [0, 0.05) is 24.2 Å². The van der Waals surface area contributed by atoms with Crippen LogP contribution in [0.1, 0.15) is 11.1 Å². The molecule has 0 spiro atoms. The Labute approximate surface area is 142 Å². The highest BCUT2D eigenvalue weighted by Gasteiger charge is 2.16. The van der Waals surface area contributed by atoms with Crippen LogP contribution < -0.4 is 10.7 Å². The van der Waals surface area contributed by atoms with Crippen molar-refractivity contribution < 1.29 is 15.1 Å². The van der Waals surface area contributed by atoms with Crippen molar-refractivity contribution >= 4 is 29.2 Å². The summed E-state index contributed by atoms with van der Waals surface area (Å²) in [7, 11) is 0. The number of nitrogens with zero attached hydrogens (tertiary/aromatic N) is 2. The summed E-state index contributed by atoms with van der Waals surface area (Å²) in [6.07, 6.45) is 1.16. The minimum Gasteiger partial charge on any atom is -0.507 e. The van der Waals surface area contributed by atoms with Crippen molar-refractivity contribution in [2.75, 3.05) is 0 Å². The van der Waals surface area contributed by atoms with E-state index < -0.39 is 16.4 Å². The average molecular weight is 346 g/mol. The number of thiocarbonyl (C=S) groups is 1. The van der Waals surface area contributed by atoms with Crippen LogP contribution in [0.3, 0.4) is 0 Å². The van der Waals surface area contributed by atoms with Gasteiger partial charge in [0.05, 0.1) is 11.1 Å². The molecular weight excluding hydrogens is 332 g/mol. The molecule has 0 heterocycles. The lowest BCUT2D eigenvalue weighted by atomic mass is 10.2. The maximum Gasteiger partial charge on any atom is 0.311 e. The molecule has 0 aliphatic heterocycles. The number of phenolic OH excluding ortho intramolecular Hbond substituents is 2. The highest BCUT2D eigenvalue weighted by Crippen LogP contribution is 2.31. The molecule has 0 radical (unpaired) electrons. The Morgan fingerprint density at radius 2 is 1.96 bits per heavy atom.